The van der Waals surface area contributed by atoms with E-state index in [1.54, 1.807) is 10.9 Å². The molecular formula is C16H21N3O2. The fraction of sp³-hybridized carbons (Fsp3) is 0.375. The third kappa shape index (κ3) is 3.49. The maximum Gasteiger partial charge on any atom is 0.254 e. The number of amides is 1. The van der Waals surface area contributed by atoms with Gasteiger partial charge in [-0.3, -0.25) is 4.79 Å². The molecule has 0 spiro atoms. The molecule has 1 heterocycles. The summed E-state index contributed by atoms with van der Waals surface area (Å²) >= 11 is 0. The van der Waals surface area contributed by atoms with Gasteiger partial charge in [0.25, 0.3) is 5.91 Å². The lowest BCUT2D eigenvalue weighted by Gasteiger charge is -2.18. The Kier molecular flexibility index (Phi) is 4.75. The fourth-order valence-electron chi connectivity index (χ4n) is 1.98. The minimum absolute atomic E-state index is 0.0124. The average molecular weight is 287 g/mol. The summed E-state index contributed by atoms with van der Waals surface area (Å²) in [5.74, 6) is -0.152. The van der Waals surface area contributed by atoms with E-state index in [-0.39, 0.29) is 24.5 Å². The van der Waals surface area contributed by atoms with Crippen LogP contribution in [-0.4, -0.2) is 33.4 Å². The van der Waals surface area contributed by atoms with Crippen molar-refractivity contribution >= 4 is 5.91 Å². The van der Waals surface area contributed by atoms with Crippen molar-refractivity contribution in [2.24, 2.45) is 5.92 Å². The molecule has 2 unspecified atom stereocenters. The maximum absolute atomic E-state index is 12.3. The normalized spacial score (nSPS) is 13.7. The molecule has 21 heavy (non-hydrogen) atoms. The Hall–Kier alpha value is -2.14. The summed E-state index contributed by atoms with van der Waals surface area (Å²) in [4.78, 5) is 12.3. The summed E-state index contributed by atoms with van der Waals surface area (Å²) in [6.45, 7) is 5.64. The van der Waals surface area contributed by atoms with Gasteiger partial charge < -0.3 is 10.4 Å². The fourth-order valence-corrected chi connectivity index (χ4v) is 1.98. The maximum atomic E-state index is 12.3. The number of carbonyl (C=O) groups is 1. The number of aliphatic hydroxyl groups is 1. The van der Waals surface area contributed by atoms with Crippen molar-refractivity contribution in [1.29, 1.82) is 0 Å². The molecule has 2 rings (SSSR count). The number of rotatable bonds is 5. The molecular weight excluding hydrogens is 266 g/mol. The zero-order chi connectivity index (χ0) is 15.4. The van der Waals surface area contributed by atoms with E-state index in [4.69, 9.17) is 5.11 Å². The molecule has 0 aliphatic carbocycles. The number of nitrogens with zero attached hydrogens (tertiary/aromatic N) is 2. The number of hydrogen-bond donors (Lipinski definition) is 2. The summed E-state index contributed by atoms with van der Waals surface area (Å²) in [6.07, 6.45) is 1.73. The minimum Gasteiger partial charge on any atom is -0.396 e. The van der Waals surface area contributed by atoms with E-state index >= 15 is 0 Å². The van der Waals surface area contributed by atoms with Crippen LogP contribution in [0, 0.1) is 12.8 Å². The first-order chi connectivity index (χ1) is 10.0. The van der Waals surface area contributed by atoms with E-state index in [1.807, 2.05) is 51.1 Å². The van der Waals surface area contributed by atoms with Crippen LogP contribution in [0.5, 0.6) is 0 Å². The molecule has 0 saturated carbocycles. The van der Waals surface area contributed by atoms with E-state index in [9.17, 15) is 4.79 Å². The van der Waals surface area contributed by atoms with Gasteiger partial charge in [-0.05, 0) is 31.9 Å². The largest absolute Gasteiger partial charge is 0.396 e. The van der Waals surface area contributed by atoms with Gasteiger partial charge in [-0.1, -0.05) is 25.1 Å². The highest BCUT2D eigenvalue weighted by molar-refractivity contribution is 5.95. The van der Waals surface area contributed by atoms with Crippen LogP contribution in [0.1, 0.15) is 29.9 Å². The summed E-state index contributed by atoms with van der Waals surface area (Å²) in [5, 5.41) is 16.4. The van der Waals surface area contributed by atoms with Crippen LogP contribution in [0.15, 0.2) is 36.5 Å². The van der Waals surface area contributed by atoms with Crippen molar-refractivity contribution in [1.82, 2.24) is 15.1 Å². The lowest BCUT2D eigenvalue weighted by atomic mass is 10.0. The molecule has 1 aromatic carbocycles. The van der Waals surface area contributed by atoms with Crippen LogP contribution in [0.4, 0.5) is 0 Å². The first-order valence-corrected chi connectivity index (χ1v) is 7.06. The predicted octanol–water partition coefficient (Wildman–Crippen LogP) is 1.93. The molecule has 1 aromatic heterocycles. The number of aryl methyl sites for hydroxylation is 1. The number of carbonyl (C=O) groups excluding carboxylic acids is 1. The van der Waals surface area contributed by atoms with Crippen LogP contribution >= 0.6 is 0 Å². The van der Waals surface area contributed by atoms with Gasteiger partial charge in [0.05, 0.1) is 16.9 Å². The quantitative estimate of drug-likeness (QED) is 0.883. The molecule has 0 aliphatic heterocycles. The molecule has 2 atom stereocenters. The second-order valence-corrected chi connectivity index (χ2v) is 5.33. The number of nitrogens with one attached hydrogen (secondary N) is 1. The summed E-state index contributed by atoms with van der Waals surface area (Å²) in [5.41, 5.74) is 2.15. The molecule has 0 saturated heterocycles. The van der Waals surface area contributed by atoms with E-state index in [2.05, 4.69) is 10.4 Å². The molecule has 0 fully saturated rings. The summed E-state index contributed by atoms with van der Waals surface area (Å²) in [7, 11) is 0. The van der Waals surface area contributed by atoms with Crippen molar-refractivity contribution in [2.75, 3.05) is 6.61 Å². The second-order valence-electron chi connectivity index (χ2n) is 5.33. The van der Waals surface area contributed by atoms with Crippen molar-refractivity contribution in [3.05, 3.63) is 47.8 Å². The van der Waals surface area contributed by atoms with Crippen LogP contribution < -0.4 is 5.32 Å². The lowest BCUT2D eigenvalue weighted by molar-refractivity contribution is 0.0915. The third-order valence-electron chi connectivity index (χ3n) is 3.66. The van der Waals surface area contributed by atoms with Gasteiger partial charge in [0.1, 0.15) is 0 Å². The highest BCUT2D eigenvalue weighted by Crippen LogP contribution is 2.12. The van der Waals surface area contributed by atoms with Crippen molar-refractivity contribution in [2.45, 2.75) is 26.8 Å². The Morgan fingerprint density at radius 2 is 2.00 bits per heavy atom. The SMILES string of the molecule is Cc1nn(-c2ccccc2)cc1C(=O)NC(C)C(C)CO. The standard InChI is InChI=1S/C16H21N3O2/c1-11(10-20)12(2)17-16(21)15-9-19(18-13(15)3)14-7-5-4-6-8-14/h4-9,11-12,20H,10H2,1-3H3,(H,17,21). The lowest BCUT2D eigenvalue weighted by Crippen LogP contribution is -2.38. The topological polar surface area (TPSA) is 67.2 Å². The van der Waals surface area contributed by atoms with E-state index in [1.165, 1.54) is 0 Å². The van der Waals surface area contributed by atoms with E-state index < -0.39 is 0 Å². The second kappa shape index (κ2) is 6.54. The molecule has 5 heteroatoms. The van der Waals surface area contributed by atoms with Gasteiger partial charge in [-0.25, -0.2) is 4.68 Å². The van der Waals surface area contributed by atoms with Gasteiger partial charge in [-0.2, -0.15) is 5.10 Å². The third-order valence-corrected chi connectivity index (χ3v) is 3.66. The van der Waals surface area contributed by atoms with Crippen LogP contribution in [-0.2, 0) is 0 Å². The number of aromatic nitrogens is 2. The Morgan fingerprint density at radius 3 is 2.62 bits per heavy atom. The van der Waals surface area contributed by atoms with Gasteiger partial charge in [-0.15, -0.1) is 0 Å². The van der Waals surface area contributed by atoms with Crippen LogP contribution in [0.3, 0.4) is 0 Å². The molecule has 112 valence electrons. The van der Waals surface area contributed by atoms with Crippen molar-refractivity contribution in [3.8, 4) is 5.69 Å². The first-order valence-electron chi connectivity index (χ1n) is 7.06. The van der Waals surface area contributed by atoms with Crippen LogP contribution in [0.25, 0.3) is 5.69 Å². The van der Waals surface area contributed by atoms with Gasteiger partial charge in [0, 0.05) is 18.8 Å². The zero-order valence-corrected chi connectivity index (χ0v) is 12.6. The molecule has 0 radical (unpaired) electrons. The average Bonchev–Trinajstić information content (AvgIpc) is 2.89. The zero-order valence-electron chi connectivity index (χ0n) is 12.6. The highest BCUT2D eigenvalue weighted by Gasteiger charge is 2.18. The van der Waals surface area contributed by atoms with Crippen LogP contribution in [0.2, 0.25) is 0 Å². The van der Waals surface area contributed by atoms with E-state index in [0.29, 0.717) is 11.3 Å². The molecule has 0 bridgehead atoms. The first kappa shape index (κ1) is 15.3. The molecule has 5 nitrogen and oxygen atoms in total. The van der Waals surface area contributed by atoms with Crippen molar-refractivity contribution in [3.63, 3.8) is 0 Å². The Labute approximate surface area is 124 Å². The van der Waals surface area contributed by atoms with Gasteiger partial charge in [0.2, 0.25) is 0 Å². The number of para-hydroxylation sites is 1. The molecule has 1 amide bonds. The predicted molar refractivity (Wildman–Crippen MR) is 81.5 cm³/mol. The molecule has 2 aromatic rings. The Morgan fingerprint density at radius 1 is 1.33 bits per heavy atom. The van der Waals surface area contributed by atoms with Gasteiger partial charge in [0.15, 0.2) is 0 Å². The molecule has 2 N–H and O–H groups in total. The smallest absolute Gasteiger partial charge is 0.254 e. The summed E-state index contributed by atoms with van der Waals surface area (Å²) < 4.78 is 1.70. The number of hydrogen-bond acceptors (Lipinski definition) is 3. The number of benzene rings is 1. The Bertz CT molecular complexity index is 607. The minimum atomic E-state index is -0.164. The Balaban J connectivity index is 2.18. The van der Waals surface area contributed by atoms with Gasteiger partial charge >= 0.3 is 0 Å². The number of aliphatic hydroxyl groups excluding tert-OH is 1. The molecule has 0 aliphatic rings. The highest BCUT2D eigenvalue weighted by atomic mass is 16.3. The van der Waals surface area contributed by atoms with Crippen molar-refractivity contribution < 1.29 is 9.90 Å². The van der Waals surface area contributed by atoms with E-state index in [0.717, 1.165) is 5.69 Å². The monoisotopic (exact) mass is 287 g/mol. The summed E-state index contributed by atoms with van der Waals surface area (Å²) in [6, 6.07) is 9.57.